The summed E-state index contributed by atoms with van der Waals surface area (Å²) >= 11 is 0. The summed E-state index contributed by atoms with van der Waals surface area (Å²) in [5.74, 6) is 2.87. The van der Waals surface area contributed by atoms with Crippen molar-refractivity contribution in [2.24, 2.45) is 0 Å². The Morgan fingerprint density at radius 3 is 2.76 bits per heavy atom. The first-order valence-electron chi connectivity index (χ1n) is 10.6. The third kappa shape index (κ3) is 3.02. The van der Waals surface area contributed by atoms with Crippen molar-refractivity contribution in [1.82, 2.24) is 19.7 Å². The number of hydrogen-bond donors (Lipinski definition) is 1. The molecule has 1 N–H and O–H groups in total. The SMILES string of the molecule is COc1ccc(OC)c(C2Oc3ccccc3C3=C2C(c2cccnc2)n2ncnc2N3)c1. The van der Waals surface area contributed by atoms with Gasteiger partial charge in [-0.25, -0.2) is 4.68 Å². The Morgan fingerprint density at radius 2 is 1.94 bits per heavy atom. The summed E-state index contributed by atoms with van der Waals surface area (Å²) in [5, 5.41) is 8.03. The van der Waals surface area contributed by atoms with E-state index in [1.165, 1.54) is 0 Å². The van der Waals surface area contributed by atoms with E-state index >= 15 is 0 Å². The molecule has 0 saturated carbocycles. The first kappa shape index (κ1) is 19.4. The van der Waals surface area contributed by atoms with Crippen LogP contribution in [0.25, 0.3) is 5.70 Å². The van der Waals surface area contributed by atoms with E-state index in [1.54, 1.807) is 26.7 Å². The number of fused-ring (bicyclic) bond motifs is 3. The van der Waals surface area contributed by atoms with Gasteiger partial charge in [0.2, 0.25) is 5.95 Å². The van der Waals surface area contributed by atoms with Crippen LogP contribution in [0.3, 0.4) is 0 Å². The van der Waals surface area contributed by atoms with Crippen molar-refractivity contribution in [3.63, 3.8) is 0 Å². The number of nitrogens with one attached hydrogen (secondary N) is 1. The van der Waals surface area contributed by atoms with Gasteiger partial charge in [-0.1, -0.05) is 18.2 Å². The summed E-state index contributed by atoms with van der Waals surface area (Å²) in [6.45, 7) is 0. The Morgan fingerprint density at radius 1 is 1.03 bits per heavy atom. The Hall–Kier alpha value is -4.33. The fourth-order valence-electron chi connectivity index (χ4n) is 4.58. The van der Waals surface area contributed by atoms with Gasteiger partial charge in [-0.3, -0.25) is 4.98 Å². The average molecular weight is 439 g/mol. The number of hydrogen-bond acceptors (Lipinski definition) is 7. The summed E-state index contributed by atoms with van der Waals surface area (Å²) in [6.07, 6.45) is 4.71. The Labute approximate surface area is 190 Å². The number of anilines is 1. The maximum Gasteiger partial charge on any atom is 0.226 e. The molecule has 8 nitrogen and oxygen atoms in total. The second-order valence-corrected chi connectivity index (χ2v) is 7.77. The monoisotopic (exact) mass is 439 g/mol. The van der Waals surface area contributed by atoms with Crippen LogP contribution < -0.4 is 19.5 Å². The molecule has 2 atom stereocenters. The minimum atomic E-state index is -0.463. The van der Waals surface area contributed by atoms with Gasteiger partial charge in [-0.2, -0.15) is 10.1 Å². The molecular weight excluding hydrogens is 418 g/mol. The molecule has 2 aromatic carbocycles. The summed E-state index contributed by atoms with van der Waals surface area (Å²) in [6, 6.07) is 17.4. The first-order valence-corrected chi connectivity index (χ1v) is 10.6. The van der Waals surface area contributed by atoms with Gasteiger partial charge in [-0.15, -0.1) is 0 Å². The van der Waals surface area contributed by atoms with Crippen LogP contribution in [0.15, 0.2) is 78.9 Å². The zero-order valence-corrected chi connectivity index (χ0v) is 18.1. The van der Waals surface area contributed by atoms with Crippen LogP contribution in [0.4, 0.5) is 5.95 Å². The molecule has 2 aliphatic rings. The minimum Gasteiger partial charge on any atom is -0.497 e. The van der Waals surface area contributed by atoms with Crippen molar-refractivity contribution in [3.8, 4) is 17.2 Å². The van der Waals surface area contributed by atoms with Gasteiger partial charge < -0.3 is 19.5 Å². The highest BCUT2D eigenvalue weighted by atomic mass is 16.5. The van der Waals surface area contributed by atoms with E-state index in [1.807, 2.05) is 65.5 Å². The van der Waals surface area contributed by atoms with E-state index in [-0.39, 0.29) is 6.04 Å². The van der Waals surface area contributed by atoms with Gasteiger partial charge in [0.25, 0.3) is 0 Å². The number of para-hydroxylation sites is 1. The van der Waals surface area contributed by atoms with E-state index in [0.29, 0.717) is 11.7 Å². The molecule has 33 heavy (non-hydrogen) atoms. The molecule has 6 rings (SSSR count). The predicted octanol–water partition coefficient (Wildman–Crippen LogP) is 4.25. The summed E-state index contributed by atoms with van der Waals surface area (Å²) < 4.78 is 19.8. The van der Waals surface area contributed by atoms with Crippen molar-refractivity contribution in [1.29, 1.82) is 0 Å². The number of aromatic nitrogens is 4. The minimum absolute atomic E-state index is 0.276. The second-order valence-electron chi connectivity index (χ2n) is 7.77. The number of benzene rings is 2. The molecule has 0 fully saturated rings. The van der Waals surface area contributed by atoms with Crippen LogP contribution in [0.5, 0.6) is 17.2 Å². The molecule has 0 radical (unpaired) electrons. The molecule has 0 amide bonds. The van der Waals surface area contributed by atoms with Crippen molar-refractivity contribution in [2.45, 2.75) is 12.1 Å². The van der Waals surface area contributed by atoms with Crippen LogP contribution in [0.1, 0.15) is 28.8 Å². The lowest BCUT2D eigenvalue weighted by Crippen LogP contribution is -2.32. The van der Waals surface area contributed by atoms with Crippen LogP contribution >= 0.6 is 0 Å². The second kappa shape index (κ2) is 7.67. The molecule has 0 saturated heterocycles. The number of ether oxygens (including phenoxy) is 3. The van der Waals surface area contributed by atoms with Gasteiger partial charge in [0.15, 0.2) is 6.10 Å². The smallest absolute Gasteiger partial charge is 0.226 e. The highest BCUT2D eigenvalue weighted by Gasteiger charge is 2.42. The molecule has 4 aromatic rings. The molecule has 8 heteroatoms. The maximum atomic E-state index is 6.66. The fourth-order valence-corrected chi connectivity index (χ4v) is 4.58. The maximum absolute atomic E-state index is 6.66. The number of methoxy groups -OCH3 is 2. The molecule has 164 valence electrons. The van der Waals surface area contributed by atoms with Crippen molar-refractivity contribution in [3.05, 3.63) is 95.6 Å². The highest BCUT2D eigenvalue weighted by molar-refractivity contribution is 5.85. The quantitative estimate of drug-likeness (QED) is 0.509. The predicted molar refractivity (Wildman–Crippen MR) is 122 cm³/mol. The van der Waals surface area contributed by atoms with Crippen molar-refractivity contribution < 1.29 is 14.2 Å². The molecule has 0 bridgehead atoms. The van der Waals surface area contributed by atoms with Gasteiger partial charge in [0.1, 0.15) is 29.6 Å². The molecule has 2 aromatic heterocycles. The normalized spacial score (nSPS) is 18.4. The summed E-state index contributed by atoms with van der Waals surface area (Å²) in [5.41, 5.74) is 4.74. The first-order chi connectivity index (χ1) is 16.3. The summed E-state index contributed by atoms with van der Waals surface area (Å²) in [4.78, 5) is 8.82. The van der Waals surface area contributed by atoms with Gasteiger partial charge >= 0.3 is 0 Å². The third-order valence-corrected chi connectivity index (χ3v) is 6.04. The van der Waals surface area contributed by atoms with Gasteiger partial charge in [0.05, 0.1) is 19.9 Å². The Kier molecular flexibility index (Phi) is 4.50. The highest BCUT2D eigenvalue weighted by Crippen LogP contribution is 2.52. The topological polar surface area (TPSA) is 83.3 Å². The van der Waals surface area contributed by atoms with E-state index in [2.05, 4.69) is 20.4 Å². The van der Waals surface area contributed by atoms with Crippen LogP contribution in [0, 0.1) is 0 Å². The van der Waals surface area contributed by atoms with Crippen LogP contribution in [-0.4, -0.2) is 34.0 Å². The standard InChI is InChI=1S/C25H21N5O3/c1-31-16-9-10-19(32-2)18(12-16)24-21-22(17-7-3-4-8-20(17)33-24)29-25-27-14-28-30(25)23(21)15-6-5-11-26-13-15/h3-14,23-24H,1-2H3,(H,27,28,29). The molecule has 4 heterocycles. The Balaban J connectivity index is 1.64. The molecule has 0 aliphatic carbocycles. The summed E-state index contributed by atoms with van der Waals surface area (Å²) in [7, 11) is 3.31. The zero-order valence-electron chi connectivity index (χ0n) is 18.1. The zero-order chi connectivity index (χ0) is 22.4. The van der Waals surface area contributed by atoms with Gasteiger partial charge in [0, 0.05) is 29.1 Å². The fraction of sp³-hybridized carbons (Fsp3) is 0.160. The van der Waals surface area contributed by atoms with E-state index in [0.717, 1.165) is 39.5 Å². The van der Waals surface area contributed by atoms with Crippen LogP contribution in [-0.2, 0) is 0 Å². The molecule has 2 unspecified atom stereocenters. The van der Waals surface area contributed by atoms with E-state index < -0.39 is 6.10 Å². The van der Waals surface area contributed by atoms with Crippen molar-refractivity contribution in [2.75, 3.05) is 19.5 Å². The lowest BCUT2D eigenvalue weighted by molar-refractivity contribution is 0.217. The van der Waals surface area contributed by atoms with E-state index in [4.69, 9.17) is 14.2 Å². The molecular formula is C25H21N5O3. The number of pyridine rings is 1. The lowest BCUT2D eigenvalue weighted by Gasteiger charge is -2.39. The van der Waals surface area contributed by atoms with Crippen molar-refractivity contribution >= 4 is 11.6 Å². The van der Waals surface area contributed by atoms with E-state index in [9.17, 15) is 0 Å². The third-order valence-electron chi connectivity index (χ3n) is 6.04. The average Bonchev–Trinajstić information content (AvgIpc) is 3.35. The largest absolute Gasteiger partial charge is 0.497 e. The van der Waals surface area contributed by atoms with Crippen LogP contribution in [0.2, 0.25) is 0 Å². The lowest BCUT2D eigenvalue weighted by atomic mass is 9.84. The Bertz CT molecular complexity index is 1370. The molecule has 0 spiro atoms. The number of rotatable bonds is 4. The molecule has 2 aliphatic heterocycles. The number of nitrogens with zero attached hydrogens (tertiary/aromatic N) is 4. The van der Waals surface area contributed by atoms with Gasteiger partial charge in [-0.05, 0) is 42.0 Å².